The lowest BCUT2D eigenvalue weighted by Crippen LogP contribution is -2.35. The SMILES string of the molecule is CCC(c1ccc(F)cc1)N(Cc1cccc(F)c1)C(=O)c1ccc(=O)n(CCOC)c1. The first-order chi connectivity index (χ1) is 15.4. The number of hydrogen-bond donors (Lipinski definition) is 0. The van der Waals surface area contributed by atoms with Gasteiger partial charge in [-0.25, -0.2) is 8.78 Å². The number of carbonyl (C=O) groups is 1. The maximum atomic E-state index is 13.8. The number of hydrogen-bond acceptors (Lipinski definition) is 3. The van der Waals surface area contributed by atoms with Crippen LogP contribution in [0.25, 0.3) is 0 Å². The zero-order valence-corrected chi connectivity index (χ0v) is 18.1. The quantitative estimate of drug-likeness (QED) is 0.490. The Hall–Kier alpha value is -3.32. The molecule has 0 fully saturated rings. The maximum Gasteiger partial charge on any atom is 0.256 e. The zero-order valence-electron chi connectivity index (χ0n) is 18.1. The molecule has 0 N–H and O–H groups in total. The van der Waals surface area contributed by atoms with Crippen LogP contribution in [0.4, 0.5) is 8.78 Å². The normalized spacial score (nSPS) is 11.9. The van der Waals surface area contributed by atoms with E-state index in [1.807, 2.05) is 6.92 Å². The molecule has 0 saturated carbocycles. The average Bonchev–Trinajstić information content (AvgIpc) is 2.79. The van der Waals surface area contributed by atoms with Crippen molar-refractivity contribution in [1.82, 2.24) is 9.47 Å². The smallest absolute Gasteiger partial charge is 0.256 e. The molecular weight excluding hydrogens is 414 g/mol. The van der Waals surface area contributed by atoms with E-state index >= 15 is 0 Å². The minimum absolute atomic E-state index is 0.156. The fourth-order valence-corrected chi connectivity index (χ4v) is 3.66. The molecule has 0 radical (unpaired) electrons. The van der Waals surface area contributed by atoms with Gasteiger partial charge in [0.2, 0.25) is 0 Å². The van der Waals surface area contributed by atoms with Crippen LogP contribution < -0.4 is 5.56 Å². The highest BCUT2D eigenvalue weighted by molar-refractivity contribution is 5.94. The third kappa shape index (κ3) is 5.68. The van der Waals surface area contributed by atoms with Crippen LogP contribution in [0, 0.1) is 11.6 Å². The number of carbonyl (C=O) groups excluding carboxylic acids is 1. The van der Waals surface area contributed by atoms with E-state index in [0.29, 0.717) is 30.7 Å². The molecule has 32 heavy (non-hydrogen) atoms. The van der Waals surface area contributed by atoms with E-state index in [1.165, 1.54) is 54.3 Å². The van der Waals surface area contributed by atoms with Crippen molar-refractivity contribution in [3.8, 4) is 0 Å². The molecule has 3 aromatic rings. The molecule has 5 nitrogen and oxygen atoms in total. The van der Waals surface area contributed by atoms with Crippen molar-refractivity contribution in [2.45, 2.75) is 32.5 Å². The van der Waals surface area contributed by atoms with Gasteiger partial charge in [0.05, 0.1) is 18.2 Å². The minimum atomic E-state index is -0.391. The van der Waals surface area contributed by atoms with Gasteiger partial charge in [-0.05, 0) is 47.9 Å². The van der Waals surface area contributed by atoms with Crippen molar-refractivity contribution in [3.63, 3.8) is 0 Å². The monoisotopic (exact) mass is 440 g/mol. The van der Waals surface area contributed by atoms with Gasteiger partial charge in [0.15, 0.2) is 0 Å². The van der Waals surface area contributed by atoms with Gasteiger partial charge in [0.1, 0.15) is 11.6 Å². The molecule has 3 rings (SSSR count). The molecule has 1 heterocycles. The molecule has 168 valence electrons. The predicted octanol–water partition coefficient (Wildman–Crippen LogP) is 4.57. The van der Waals surface area contributed by atoms with Crippen LogP contribution >= 0.6 is 0 Å². The number of amides is 1. The highest BCUT2D eigenvalue weighted by Crippen LogP contribution is 2.28. The Morgan fingerprint density at radius 1 is 1.06 bits per heavy atom. The summed E-state index contributed by atoms with van der Waals surface area (Å²) in [7, 11) is 1.54. The summed E-state index contributed by atoms with van der Waals surface area (Å²) in [5.41, 5.74) is 1.50. The van der Waals surface area contributed by atoms with Crippen LogP contribution in [-0.2, 0) is 17.8 Å². The van der Waals surface area contributed by atoms with Crippen LogP contribution in [0.1, 0.15) is 40.9 Å². The fourth-order valence-electron chi connectivity index (χ4n) is 3.66. The van der Waals surface area contributed by atoms with Gasteiger partial charge in [-0.3, -0.25) is 9.59 Å². The van der Waals surface area contributed by atoms with Crippen molar-refractivity contribution in [2.24, 2.45) is 0 Å². The van der Waals surface area contributed by atoms with Gasteiger partial charge >= 0.3 is 0 Å². The van der Waals surface area contributed by atoms with Crippen molar-refractivity contribution in [3.05, 3.63) is 106 Å². The predicted molar refractivity (Wildman–Crippen MR) is 118 cm³/mol. The van der Waals surface area contributed by atoms with Crippen molar-refractivity contribution >= 4 is 5.91 Å². The van der Waals surface area contributed by atoms with Crippen molar-refractivity contribution < 1.29 is 18.3 Å². The summed E-state index contributed by atoms with van der Waals surface area (Å²) < 4.78 is 33.8. The Labute approximate surface area is 185 Å². The van der Waals surface area contributed by atoms with Crippen molar-refractivity contribution in [1.29, 1.82) is 0 Å². The van der Waals surface area contributed by atoms with E-state index in [-0.39, 0.29) is 29.9 Å². The van der Waals surface area contributed by atoms with Gasteiger partial charge in [-0.15, -0.1) is 0 Å². The Balaban J connectivity index is 2.01. The molecule has 0 aliphatic rings. The van der Waals surface area contributed by atoms with Crippen LogP contribution in [-0.4, -0.2) is 29.1 Å². The molecule has 0 saturated heterocycles. The van der Waals surface area contributed by atoms with Gasteiger partial charge in [-0.1, -0.05) is 31.2 Å². The largest absolute Gasteiger partial charge is 0.383 e. The second-order valence-corrected chi connectivity index (χ2v) is 7.48. The van der Waals surface area contributed by atoms with Gasteiger partial charge < -0.3 is 14.2 Å². The first-order valence-electron chi connectivity index (χ1n) is 10.4. The lowest BCUT2D eigenvalue weighted by atomic mass is 10.0. The second-order valence-electron chi connectivity index (χ2n) is 7.48. The lowest BCUT2D eigenvalue weighted by molar-refractivity contribution is 0.0651. The Kier molecular flexibility index (Phi) is 7.89. The van der Waals surface area contributed by atoms with Crippen molar-refractivity contribution in [2.75, 3.05) is 13.7 Å². The summed E-state index contributed by atoms with van der Waals surface area (Å²) >= 11 is 0. The van der Waals surface area contributed by atoms with E-state index in [1.54, 1.807) is 29.2 Å². The van der Waals surface area contributed by atoms with Crippen LogP contribution in [0.5, 0.6) is 0 Å². The zero-order chi connectivity index (χ0) is 23.1. The summed E-state index contributed by atoms with van der Waals surface area (Å²) in [4.78, 5) is 27.4. The Morgan fingerprint density at radius 3 is 2.47 bits per heavy atom. The van der Waals surface area contributed by atoms with E-state index in [4.69, 9.17) is 4.74 Å². The molecule has 0 aliphatic heterocycles. The number of methoxy groups -OCH3 is 1. The number of pyridine rings is 1. The van der Waals surface area contributed by atoms with Gasteiger partial charge in [-0.2, -0.15) is 0 Å². The minimum Gasteiger partial charge on any atom is -0.383 e. The van der Waals surface area contributed by atoms with Gasteiger partial charge in [0.25, 0.3) is 11.5 Å². The van der Waals surface area contributed by atoms with E-state index in [0.717, 1.165) is 5.56 Å². The molecule has 0 aliphatic carbocycles. The molecule has 1 amide bonds. The number of benzene rings is 2. The molecule has 2 aromatic carbocycles. The Bertz CT molecular complexity index is 1110. The third-order valence-electron chi connectivity index (χ3n) is 5.29. The van der Waals surface area contributed by atoms with Gasteiger partial charge in [0, 0.05) is 32.5 Å². The van der Waals surface area contributed by atoms with Crippen LogP contribution in [0.2, 0.25) is 0 Å². The molecule has 7 heteroatoms. The third-order valence-corrected chi connectivity index (χ3v) is 5.29. The van der Waals surface area contributed by atoms with E-state index < -0.39 is 5.82 Å². The molecule has 0 spiro atoms. The topological polar surface area (TPSA) is 51.5 Å². The van der Waals surface area contributed by atoms with Crippen LogP contribution in [0.15, 0.2) is 71.7 Å². The van der Waals surface area contributed by atoms with E-state index in [2.05, 4.69) is 0 Å². The molecule has 0 bridgehead atoms. The van der Waals surface area contributed by atoms with E-state index in [9.17, 15) is 18.4 Å². The van der Waals surface area contributed by atoms with Crippen LogP contribution in [0.3, 0.4) is 0 Å². The molecule has 1 atom stereocenters. The Morgan fingerprint density at radius 2 is 1.81 bits per heavy atom. The summed E-state index contributed by atoms with van der Waals surface area (Å²) in [6.45, 7) is 2.73. The number of halogens is 2. The molecule has 1 aromatic heterocycles. The summed E-state index contributed by atoms with van der Waals surface area (Å²) in [5.74, 6) is -1.06. The lowest BCUT2D eigenvalue weighted by Gasteiger charge is -2.32. The number of rotatable bonds is 9. The number of ether oxygens (including phenoxy) is 1. The number of aromatic nitrogens is 1. The maximum absolute atomic E-state index is 13.8. The highest BCUT2D eigenvalue weighted by Gasteiger charge is 2.26. The second kappa shape index (κ2) is 10.8. The first kappa shape index (κ1) is 23.3. The molecule has 1 unspecified atom stereocenters. The summed E-state index contributed by atoms with van der Waals surface area (Å²) in [6, 6.07) is 14.6. The molecular formula is C25H26F2N2O3. The summed E-state index contributed by atoms with van der Waals surface area (Å²) in [5, 5.41) is 0. The highest BCUT2D eigenvalue weighted by atomic mass is 19.1. The first-order valence-corrected chi connectivity index (χ1v) is 10.4. The standard InChI is InChI=1S/C25H26F2N2O3/c1-3-23(19-7-10-21(26)11-8-19)29(16-18-5-4-6-22(27)15-18)25(31)20-9-12-24(30)28(17-20)13-14-32-2/h4-12,15,17,23H,3,13-14,16H2,1-2H3. The number of nitrogens with zero attached hydrogens (tertiary/aromatic N) is 2. The average molecular weight is 440 g/mol. The summed E-state index contributed by atoms with van der Waals surface area (Å²) in [6.07, 6.45) is 2.08. The fraction of sp³-hybridized carbons (Fsp3) is 0.280.